The van der Waals surface area contributed by atoms with Crippen LogP contribution >= 0.6 is 11.6 Å². The van der Waals surface area contributed by atoms with Gasteiger partial charge in [0.15, 0.2) is 0 Å². The SMILES string of the molecule is Clc1nc(NC2CC=CC2)nc(-n2ccnc2)n1. The number of hydrogen-bond acceptors (Lipinski definition) is 5. The van der Waals surface area contributed by atoms with Crippen LogP contribution in [0.5, 0.6) is 0 Å². The molecule has 0 unspecified atom stereocenters. The van der Waals surface area contributed by atoms with E-state index in [1.807, 2.05) is 0 Å². The van der Waals surface area contributed by atoms with E-state index < -0.39 is 0 Å². The highest BCUT2D eigenvalue weighted by atomic mass is 35.5. The van der Waals surface area contributed by atoms with E-state index in [0.29, 0.717) is 17.9 Å². The Kier molecular flexibility index (Phi) is 2.93. The molecular weight excluding hydrogens is 252 g/mol. The molecule has 0 radical (unpaired) electrons. The molecule has 6 nitrogen and oxygen atoms in total. The van der Waals surface area contributed by atoms with Crippen molar-refractivity contribution >= 4 is 17.5 Å². The zero-order valence-corrected chi connectivity index (χ0v) is 10.2. The number of nitrogens with one attached hydrogen (secondary N) is 1. The molecule has 2 heterocycles. The number of rotatable bonds is 3. The Bertz CT molecular complexity index is 557. The summed E-state index contributed by atoms with van der Waals surface area (Å²) in [6, 6.07) is 0.333. The molecule has 2 aromatic rings. The van der Waals surface area contributed by atoms with Crippen molar-refractivity contribution in [1.82, 2.24) is 24.5 Å². The Morgan fingerprint density at radius 2 is 2.06 bits per heavy atom. The van der Waals surface area contributed by atoms with Gasteiger partial charge in [0, 0.05) is 18.4 Å². The van der Waals surface area contributed by atoms with Crippen molar-refractivity contribution in [2.45, 2.75) is 18.9 Å². The second-order valence-electron chi connectivity index (χ2n) is 3.98. The van der Waals surface area contributed by atoms with E-state index in [1.54, 1.807) is 23.3 Å². The van der Waals surface area contributed by atoms with Crippen LogP contribution in [0.1, 0.15) is 12.8 Å². The minimum atomic E-state index is 0.169. The molecule has 0 atom stereocenters. The second kappa shape index (κ2) is 4.73. The first-order valence-electron chi connectivity index (χ1n) is 5.63. The number of aromatic nitrogens is 5. The van der Waals surface area contributed by atoms with E-state index in [-0.39, 0.29) is 5.28 Å². The van der Waals surface area contributed by atoms with Crippen LogP contribution in [0.15, 0.2) is 30.9 Å². The molecule has 0 spiro atoms. The predicted molar refractivity (Wildman–Crippen MR) is 67.7 cm³/mol. The maximum absolute atomic E-state index is 5.90. The topological polar surface area (TPSA) is 68.5 Å². The molecule has 3 rings (SSSR count). The van der Waals surface area contributed by atoms with Crippen LogP contribution < -0.4 is 5.32 Å². The van der Waals surface area contributed by atoms with E-state index in [9.17, 15) is 0 Å². The van der Waals surface area contributed by atoms with Gasteiger partial charge >= 0.3 is 0 Å². The summed E-state index contributed by atoms with van der Waals surface area (Å²) < 4.78 is 1.69. The Labute approximate surface area is 109 Å². The lowest BCUT2D eigenvalue weighted by Crippen LogP contribution is -2.18. The van der Waals surface area contributed by atoms with Crippen LogP contribution in [0.4, 0.5) is 5.95 Å². The Hall–Kier alpha value is -1.95. The molecular formula is C11H11ClN6. The van der Waals surface area contributed by atoms with Gasteiger partial charge in [-0.1, -0.05) is 12.2 Å². The normalized spacial score (nSPS) is 15.2. The molecule has 0 amide bonds. The molecule has 2 aromatic heterocycles. The molecule has 1 N–H and O–H groups in total. The second-order valence-corrected chi connectivity index (χ2v) is 4.32. The van der Waals surface area contributed by atoms with Crippen LogP contribution in [-0.4, -0.2) is 30.5 Å². The lowest BCUT2D eigenvalue weighted by Gasteiger charge is -2.12. The van der Waals surface area contributed by atoms with Crippen LogP contribution in [0.2, 0.25) is 5.28 Å². The summed E-state index contributed by atoms with van der Waals surface area (Å²) in [4.78, 5) is 16.4. The fourth-order valence-corrected chi connectivity index (χ4v) is 1.97. The maximum atomic E-state index is 5.90. The fraction of sp³-hybridized carbons (Fsp3) is 0.273. The lowest BCUT2D eigenvalue weighted by atomic mass is 10.2. The molecule has 0 bridgehead atoms. The molecule has 92 valence electrons. The number of imidazole rings is 1. The third kappa shape index (κ3) is 2.33. The molecule has 18 heavy (non-hydrogen) atoms. The number of anilines is 1. The predicted octanol–water partition coefficient (Wildman–Crippen LogP) is 1.84. The fourth-order valence-electron chi connectivity index (χ4n) is 1.81. The van der Waals surface area contributed by atoms with Gasteiger partial charge in [0.1, 0.15) is 6.33 Å². The molecule has 0 saturated heterocycles. The van der Waals surface area contributed by atoms with E-state index in [4.69, 9.17) is 11.6 Å². The van der Waals surface area contributed by atoms with E-state index in [0.717, 1.165) is 12.8 Å². The Balaban J connectivity index is 1.86. The van der Waals surface area contributed by atoms with Gasteiger partial charge in [-0.05, 0) is 24.4 Å². The largest absolute Gasteiger partial charge is 0.351 e. The molecule has 0 aromatic carbocycles. The standard InChI is InChI=1S/C11H11ClN6/c12-9-15-10(14-8-3-1-2-4-8)17-11(16-9)18-6-5-13-7-18/h1-2,5-8H,3-4H2,(H,14,15,16,17). The summed E-state index contributed by atoms with van der Waals surface area (Å²) in [7, 11) is 0. The Morgan fingerprint density at radius 1 is 1.22 bits per heavy atom. The van der Waals surface area contributed by atoms with Crippen molar-refractivity contribution in [2.75, 3.05) is 5.32 Å². The summed E-state index contributed by atoms with van der Waals surface area (Å²) >= 11 is 5.90. The molecule has 0 aliphatic heterocycles. The van der Waals surface area contributed by atoms with Crippen LogP contribution in [0.3, 0.4) is 0 Å². The van der Waals surface area contributed by atoms with Crippen LogP contribution in [0, 0.1) is 0 Å². The van der Waals surface area contributed by atoms with E-state index >= 15 is 0 Å². The first-order valence-corrected chi connectivity index (χ1v) is 6.00. The van der Waals surface area contributed by atoms with Gasteiger partial charge in [0.2, 0.25) is 17.2 Å². The first-order chi connectivity index (χ1) is 8.81. The quantitative estimate of drug-likeness (QED) is 0.855. The zero-order valence-electron chi connectivity index (χ0n) is 9.49. The van der Waals surface area contributed by atoms with Gasteiger partial charge in [-0.3, -0.25) is 4.57 Å². The minimum absolute atomic E-state index is 0.169. The lowest BCUT2D eigenvalue weighted by molar-refractivity contribution is 0.765. The third-order valence-corrected chi connectivity index (χ3v) is 2.84. The van der Waals surface area contributed by atoms with Gasteiger partial charge in [0.05, 0.1) is 0 Å². The summed E-state index contributed by atoms with van der Waals surface area (Å²) in [5.41, 5.74) is 0. The van der Waals surface area contributed by atoms with Gasteiger partial charge in [0.25, 0.3) is 0 Å². The number of hydrogen-bond donors (Lipinski definition) is 1. The monoisotopic (exact) mass is 262 g/mol. The third-order valence-electron chi connectivity index (χ3n) is 2.67. The van der Waals surface area contributed by atoms with Gasteiger partial charge in [-0.2, -0.15) is 15.0 Å². The molecule has 1 aliphatic carbocycles. The molecule has 0 saturated carbocycles. The highest BCUT2D eigenvalue weighted by Crippen LogP contribution is 2.16. The van der Waals surface area contributed by atoms with Crippen molar-refractivity contribution in [1.29, 1.82) is 0 Å². The van der Waals surface area contributed by atoms with Gasteiger partial charge in [-0.15, -0.1) is 0 Å². The smallest absolute Gasteiger partial charge is 0.241 e. The number of nitrogens with zero attached hydrogens (tertiary/aromatic N) is 5. The van der Waals surface area contributed by atoms with Crippen molar-refractivity contribution in [3.63, 3.8) is 0 Å². The van der Waals surface area contributed by atoms with Crippen LogP contribution in [0.25, 0.3) is 5.95 Å². The minimum Gasteiger partial charge on any atom is -0.351 e. The maximum Gasteiger partial charge on any atom is 0.241 e. The number of halogens is 1. The van der Waals surface area contributed by atoms with Crippen molar-refractivity contribution in [3.8, 4) is 5.95 Å². The van der Waals surface area contributed by atoms with Crippen molar-refractivity contribution < 1.29 is 0 Å². The van der Waals surface area contributed by atoms with Crippen molar-refractivity contribution in [3.05, 3.63) is 36.2 Å². The van der Waals surface area contributed by atoms with E-state index in [2.05, 4.69) is 37.4 Å². The average Bonchev–Trinajstić information content (AvgIpc) is 3.00. The first kappa shape index (κ1) is 11.2. The summed E-state index contributed by atoms with van der Waals surface area (Å²) in [5.74, 6) is 0.952. The van der Waals surface area contributed by atoms with Gasteiger partial charge in [-0.25, -0.2) is 4.98 Å². The summed E-state index contributed by atoms with van der Waals surface area (Å²) in [6.07, 6.45) is 11.3. The summed E-state index contributed by atoms with van der Waals surface area (Å²) in [6.45, 7) is 0. The van der Waals surface area contributed by atoms with Crippen molar-refractivity contribution in [2.24, 2.45) is 0 Å². The van der Waals surface area contributed by atoms with Crippen LogP contribution in [-0.2, 0) is 0 Å². The molecule has 1 aliphatic rings. The zero-order chi connectivity index (χ0) is 12.4. The highest BCUT2D eigenvalue weighted by Gasteiger charge is 2.13. The molecule has 7 heteroatoms. The Morgan fingerprint density at radius 3 is 2.78 bits per heavy atom. The van der Waals surface area contributed by atoms with Gasteiger partial charge < -0.3 is 5.32 Å². The summed E-state index contributed by atoms with van der Waals surface area (Å²) in [5, 5.41) is 3.41. The van der Waals surface area contributed by atoms with E-state index in [1.165, 1.54) is 0 Å². The average molecular weight is 263 g/mol. The highest BCUT2D eigenvalue weighted by molar-refractivity contribution is 6.28. The molecule has 0 fully saturated rings.